The van der Waals surface area contributed by atoms with E-state index in [1.807, 2.05) is 0 Å². The average Bonchev–Trinajstić information content (AvgIpc) is 2.03. The van der Waals surface area contributed by atoms with Crippen LogP contribution < -0.4 is 0 Å². The van der Waals surface area contributed by atoms with Crippen LogP contribution in [0.25, 0.3) is 0 Å². The third-order valence-corrected chi connectivity index (χ3v) is 1.43. The molecule has 1 rings (SSSR count). The van der Waals surface area contributed by atoms with Gasteiger partial charge in [0.15, 0.2) is 0 Å². The van der Waals surface area contributed by atoms with E-state index in [-0.39, 0.29) is 5.69 Å². The number of nitro groups is 1. The van der Waals surface area contributed by atoms with Gasteiger partial charge in [-0.05, 0) is 13.0 Å². The topological polar surface area (TPSA) is 56.0 Å². The Morgan fingerprint density at radius 1 is 1.75 bits per heavy atom. The first-order chi connectivity index (χ1) is 5.65. The molecule has 0 fully saturated rings. The van der Waals surface area contributed by atoms with Crippen molar-refractivity contribution in [1.82, 2.24) is 4.98 Å². The summed E-state index contributed by atoms with van der Waals surface area (Å²) in [4.78, 5) is 13.6. The summed E-state index contributed by atoms with van der Waals surface area (Å²) in [5.41, 5.74) is 0.940. The second-order valence-corrected chi connectivity index (χ2v) is 2.26. The van der Waals surface area contributed by atoms with Crippen LogP contribution in [-0.2, 0) is 0 Å². The van der Waals surface area contributed by atoms with Gasteiger partial charge in [0.2, 0.25) is 0 Å². The number of pyridine rings is 1. The Morgan fingerprint density at radius 3 is 2.83 bits per heavy atom. The molecule has 0 saturated heterocycles. The summed E-state index contributed by atoms with van der Waals surface area (Å²) < 4.78 is 0. The molecule has 1 aromatic heterocycles. The molecule has 0 N–H and O–H groups in total. The Bertz CT molecular complexity index is 366. The molecule has 0 spiro atoms. The minimum atomic E-state index is -0.484. The Balaban J connectivity index is 3.23. The van der Waals surface area contributed by atoms with Gasteiger partial charge in [-0.25, -0.2) is 4.98 Å². The minimum absolute atomic E-state index is 0.00556. The molecule has 0 unspecified atom stereocenters. The second-order valence-electron chi connectivity index (χ2n) is 2.26. The fraction of sp³-hybridized carbons (Fsp3) is 0.125. The van der Waals surface area contributed by atoms with Crippen LogP contribution in [-0.4, -0.2) is 9.91 Å². The van der Waals surface area contributed by atoms with Crippen molar-refractivity contribution in [2.75, 3.05) is 0 Å². The predicted octanol–water partition coefficient (Wildman–Crippen LogP) is 1.28. The van der Waals surface area contributed by atoms with Crippen molar-refractivity contribution in [3.8, 4) is 12.3 Å². The lowest BCUT2D eigenvalue weighted by Crippen LogP contribution is -1.94. The van der Waals surface area contributed by atoms with Crippen LogP contribution in [0.15, 0.2) is 12.3 Å². The largest absolute Gasteiger partial charge is 0.290 e. The molecular weight excluding hydrogens is 156 g/mol. The van der Waals surface area contributed by atoms with Crippen LogP contribution >= 0.6 is 0 Å². The quantitative estimate of drug-likeness (QED) is 0.355. The molecule has 4 nitrogen and oxygen atoms in total. The summed E-state index contributed by atoms with van der Waals surface area (Å²) in [7, 11) is 0. The van der Waals surface area contributed by atoms with Crippen molar-refractivity contribution in [2.45, 2.75) is 6.92 Å². The second kappa shape index (κ2) is 3.01. The first-order valence-corrected chi connectivity index (χ1v) is 3.23. The summed E-state index contributed by atoms with van der Waals surface area (Å²) in [6.45, 7) is 1.63. The number of nitrogens with zero attached hydrogens (tertiary/aromatic N) is 2. The Hall–Kier alpha value is -1.89. The summed E-state index contributed by atoms with van der Waals surface area (Å²) in [6, 6.07) is 1.51. The number of aromatic nitrogens is 1. The average molecular weight is 162 g/mol. The molecule has 0 bridgehead atoms. The Morgan fingerprint density at radius 2 is 2.42 bits per heavy atom. The minimum Gasteiger partial charge on any atom is -0.258 e. The standard InChI is InChI=1S/C8H6N2O2/c1-3-7-4-6(2)8(5-9-7)10(11)12/h1,4-5H,2H3. The lowest BCUT2D eigenvalue weighted by molar-refractivity contribution is -0.385. The van der Waals surface area contributed by atoms with Gasteiger partial charge < -0.3 is 0 Å². The molecule has 0 aliphatic carbocycles. The molecule has 12 heavy (non-hydrogen) atoms. The van der Waals surface area contributed by atoms with E-state index >= 15 is 0 Å². The van der Waals surface area contributed by atoms with Crippen molar-refractivity contribution in [1.29, 1.82) is 0 Å². The summed E-state index contributed by atoms with van der Waals surface area (Å²) in [5, 5.41) is 10.3. The molecule has 0 radical (unpaired) electrons. The number of terminal acetylenes is 1. The Kier molecular flexibility index (Phi) is 2.06. The van der Waals surface area contributed by atoms with Crippen LogP contribution in [0.5, 0.6) is 0 Å². The third kappa shape index (κ3) is 1.40. The number of aryl methyl sites for hydroxylation is 1. The van der Waals surface area contributed by atoms with Crippen LogP contribution in [0.3, 0.4) is 0 Å². The molecule has 0 aromatic carbocycles. The van der Waals surface area contributed by atoms with Crippen molar-refractivity contribution in [2.24, 2.45) is 0 Å². The van der Waals surface area contributed by atoms with E-state index in [1.54, 1.807) is 6.92 Å². The van der Waals surface area contributed by atoms with E-state index in [1.165, 1.54) is 12.3 Å². The molecule has 0 aliphatic rings. The highest BCUT2D eigenvalue weighted by atomic mass is 16.6. The summed E-state index contributed by atoms with van der Waals surface area (Å²) in [6.07, 6.45) is 6.23. The maximum Gasteiger partial charge on any atom is 0.290 e. The van der Waals surface area contributed by atoms with Gasteiger partial charge in [0, 0.05) is 5.56 Å². The highest BCUT2D eigenvalue weighted by Crippen LogP contribution is 2.15. The van der Waals surface area contributed by atoms with E-state index in [9.17, 15) is 10.1 Å². The number of rotatable bonds is 1. The smallest absolute Gasteiger partial charge is 0.258 e. The van der Waals surface area contributed by atoms with Crippen LogP contribution in [0.2, 0.25) is 0 Å². The van der Waals surface area contributed by atoms with Crippen molar-refractivity contribution >= 4 is 5.69 Å². The molecule has 4 heteroatoms. The molecule has 0 atom stereocenters. The zero-order valence-electron chi connectivity index (χ0n) is 6.44. The van der Waals surface area contributed by atoms with Gasteiger partial charge >= 0.3 is 0 Å². The van der Waals surface area contributed by atoms with Gasteiger partial charge in [-0.2, -0.15) is 0 Å². The van der Waals surface area contributed by atoms with Crippen molar-refractivity contribution < 1.29 is 4.92 Å². The lowest BCUT2D eigenvalue weighted by Gasteiger charge is -1.95. The molecule has 60 valence electrons. The summed E-state index contributed by atoms with van der Waals surface area (Å²) in [5.74, 6) is 2.30. The predicted molar refractivity (Wildman–Crippen MR) is 43.6 cm³/mol. The van der Waals surface area contributed by atoms with Crippen LogP contribution in [0.4, 0.5) is 5.69 Å². The van der Waals surface area contributed by atoms with Crippen molar-refractivity contribution in [3.63, 3.8) is 0 Å². The highest BCUT2D eigenvalue weighted by molar-refractivity contribution is 5.41. The maximum absolute atomic E-state index is 10.3. The zero-order valence-corrected chi connectivity index (χ0v) is 6.44. The molecule has 0 saturated carbocycles. The van der Waals surface area contributed by atoms with Gasteiger partial charge in [-0.1, -0.05) is 5.92 Å². The lowest BCUT2D eigenvalue weighted by atomic mass is 10.2. The first kappa shape index (κ1) is 8.21. The van der Waals surface area contributed by atoms with E-state index < -0.39 is 4.92 Å². The fourth-order valence-electron chi connectivity index (χ4n) is 0.819. The molecular formula is C8H6N2O2. The van der Waals surface area contributed by atoms with E-state index in [0.717, 1.165) is 0 Å². The SMILES string of the molecule is C#Cc1cc(C)c([N+](=O)[O-])cn1. The summed E-state index contributed by atoms with van der Waals surface area (Å²) >= 11 is 0. The Labute approximate surface area is 69.4 Å². The molecule has 0 aliphatic heterocycles. The molecule has 1 aromatic rings. The molecule has 1 heterocycles. The number of hydrogen-bond donors (Lipinski definition) is 0. The zero-order chi connectivity index (χ0) is 9.14. The highest BCUT2D eigenvalue weighted by Gasteiger charge is 2.09. The van der Waals surface area contributed by atoms with E-state index in [0.29, 0.717) is 11.3 Å². The third-order valence-electron chi connectivity index (χ3n) is 1.43. The van der Waals surface area contributed by atoms with Gasteiger partial charge in [0.05, 0.1) is 4.92 Å². The van der Waals surface area contributed by atoms with Crippen LogP contribution in [0, 0.1) is 29.4 Å². The van der Waals surface area contributed by atoms with Gasteiger partial charge in [-0.15, -0.1) is 6.42 Å². The molecule has 0 amide bonds. The fourth-order valence-corrected chi connectivity index (χ4v) is 0.819. The van der Waals surface area contributed by atoms with E-state index in [2.05, 4.69) is 10.9 Å². The van der Waals surface area contributed by atoms with E-state index in [4.69, 9.17) is 6.42 Å². The maximum atomic E-state index is 10.3. The monoisotopic (exact) mass is 162 g/mol. The van der Waals surface area contributed by atoms with Gasteiger partial charge in [0.1, 0.15) is 11.9 Å². The van der Waals surface area contributed by atoms with Crippen LogP contribution in [0.1, 0.15) is 11.3 Å². The van der Waals surface area contributed by atoms with Gasteiger partial charge in [0.25, 0.3) is 5.69 Å². The normalized spacial score (nSPS) is 9.00. The van der Waals surface area contributed by atoms with Gasteiger partial charge in [-0.3, -0.25) is 10.1 Å². The number of hydrogen-bond acceptors (Lipinski definition) is 3. The van der Waals surface area contributed by atoms with Crippen molar-refractivity contribution in [3.05, 3.63) is 33.6 Å². The first-order valence-electron chi connectivity index (χ1n) is 3.23.